The lowest BCUT2D eigenvalue weighted by Gasteiger charge is -2.46. The zero-order chi connectivity index (χ0) is 15.4. The largest absolute Gasteiger partial charge is 0.352 e. The van der Waals surface area contributed by atoms with Gasteiger partial charge in [0.25, 0.3) is 0 Å². The van der Waals surface area contributed by atoms with Crippen LogP contribution in [0.1, 0.15) is 43.8 Å². The molecule has 0 bridgehead atoms. The molecule has 6 nitrogen and oxygen atoms in total. The van der Waals surface area contributed by atoms with Crippen molar-refractivity contribution >= 4 is 11.5 Å². The van der Waals surface area contributed by atoms with Crippen LogP contribution in [0.4, 0.5) is 5.82 Å². The van der Waals surface area contributed by atoms with E-state index in [9.17, 15) is 0 Å². The number of fused-ring (bicyclic) bond motifs is 1. The predicted molar refractivity (Wildman–Crippen MR) is 88.7 cm³/mol. The van der Waals surface area contributed by atoms with Crippen LogP contribution < -0.4 is 4.90 Å². The van der Waals surface area contributed by atoms with Gasteiger partial charge in [0.05, 0.1) is 0 Å². The number of nitrogens with zero attached hydrogens (tertiary/aromatic N) is 6. The molecule has 3 fully saturated rings. The fourth-order valence-corrected chi connectivity index (χ4v) is 3.71. The van der Waals surface area contributed by atoms with Crippen LogP contribution in [0.25, 0.3) is 5.65 Å². The van der Waals surface area contributed by atoms with E-state index < -0.39 is 0 Å². The van der Waals surface area contributed by atoms with Crippen LogP contribution in [-0.2, 0) is 0 Å². The Morgan fingerprint density at radius 2 is 1.96 bits per heavy atom. The van der Waals surface area contributed by atoms with Crippen molar-refractivity contribution < 1.29 is 0 Å². The van der Waals surface area contributed by atoms with Gasteiger partial charge in [0, 0.05) is 31.6 Å². The Hall–Kier alpha value is -1.69. The molecule has 3 aliphatic rings. The Morgan fingerprint density at radius 3 is 2.65 bits per heavy atom. The summed E-state index contributed by atoms with van der Waals surface area (Å²) in [7, 11) is 2.28. The van der Waals surface area contributed by atoms with Gasteiger partial charge in [0.1, 0.15) is 5.82 Å². The second kappa shape index (κ2) is 5.16. The van der Waals surface area contributed by atoms with Crippen LogP contribution in [0.5, 0.6) is 0 Å². The maximum atomic E-state index is 4.80. The molecular weight excluding hydrogens is 288 g/mol. The summed E-state index contributed by atoms with van der Waals surface area (Å²) in [6.07, 6.45) is 6.74. The Kier molecular flexibility index (Phi) is 3.08. The smallest absolute Gasteiger partial charge is 0.178 e. The quantitative estimate of drug-likeness (QED) is 0.844. The number of hydrogen-bond donors (Lipinski definition) is 0. The van der Waals surface area contributed by atoms with Crippen LogP contribution >= 0.6 is 0 Å². The molecule has 2 aromatic heterocycles. The standard InChI is InChI=1S/C17H24N6/c1-21(9-12-3-2-4-12)14-10-22(11-14)16-8-7-15-18-19-17(13-5-6-13)23(15)20-16/h7-8,12-14H,2-6,9-11H2,1H3. The first-order valence-electron chi connectivity index (χ1n) is 8.95. The summed E-state index contributed by atoms with van der Waals surface area (Å²) in [4.78, 5) is 4.92. The van der Waals surface area contributed by atoms with Crippen LogP contribution in [0.3, 0.4) is 0 Å². The summed E-state index contributed by atoms with van der Waals surface area (Å²) in [6, 6.07) is 4.81. The number of rotatable bonds is 5. The van der Waals surface area contributed by atoms with Gasteiger partial charge in [-0.25, -0.2) is 0 Å². The topological polar surface area (TPSA) is 49.6 Å². The Balaban J connectivity index is 1.27. The summed E-state index contributed by atoms with van der Waals surface area (Å²) in [5.74, 6) is 3.63. The Morgan fingerprint density at radius 1 is 1.13 bits per heavy atom. The first-order valence-corrected chi connectivity index (χ1v) is 8.95. The minimum atomic E-state index is 0.575. The van der Waals surface area contributed by atoms with E-state index in [0.29, 0.717) is 12.0 Å². The van der Waals surface area contributed by atoms with Gasteiger partial charge < -0.3 is 4.90 Å². The van der Waals surface area contributed by atoms with Crippen LogP contribution in [0.15, 0.2) is 12.1 Å². The second-order valence-corrected chi connectivity index (χ2v) is 7.59. The van der Waals surface area contributed by atoms with Crippen molar-refractivity contribution in [2.75, 3.05) is 31.6 Å². The molecule has 0 unspecified atom stereocenters. The van der Waals surface area contributed by atoms with E-state index in [0.717, 1.165) is 36.3 Å². The molecule has 2 aliphatic carbocycles. The highest BCUT2D eigenvalue weighted by molar-refractivity contribution is 5.48. The number of aromatic nitrogens is 4. The molecule has 2 aromatic rings. The summed E-state index contributed by atoms with van der Waals surface area (Å²) >= 11 is 0. The normalized spacial score (nSPS) is 22.6. The van der Waals surface area contributed by atoms with Gasteiger partial charge in [-0.05, 0) is 50.8 Å². The molecule has 6 heteroatoms. The molecule has 3 heterocycles. The van der Waals surface area contributed by atoms with E-state index in [4.69, 9.17) is 5.10 Å². The van der Waals surface area contributed by atoms with E-state index in [1.165, 1.54) is 38.6 Å². The molecule has 1 saturated heterocycles. The Bertz CT molecular complexity index is 711. The zero-order valence-electron chi connectivity index (χ0n) is 13.7. The van der Waals surface area contributed by atoms with Gasteiger partial charge in [-0.1, -0.05) is 6.42 Å². The summed E-state index contributed by atoms with van der Waals surface area (Å²) in [6.45, 7) is 3.44. The molecule has 0 aromatic carbocycles. The summed E-state index contributed by atoms with van der Waals surface area (Å²) in [5.41, 5.74) is 0.870. The maximum absolute atomic E-state index is 4.80. The maximum Gasteiger partial charge on any atom is 0.178 e. The van der Waals surface area contributed by atoms with Gasteiger partial charge in [0.2, 0.25) is 0 Å². The highest BCUT2D eigenvalue weighted by Crippen LogP contribution is 2.39. The molecule has 23 heavy (non-hydrogen) atoms. The molecule has 0 N–H and O–H groups in total. The first kappa shape index (κ1) is 13.7. The number of hydrogen-bond acceptors (Lipinski definition) is 5. The fraction of sp³-hybridized carbons (Fsp3) is 0.706. The zero-order valence-corrected chi connectivity index (χ0v) is 13.7. The second-order valence-electron chi connectivity index (χ2n) is 7.59. The van der Waals surface area contributed by atoms with Gasteiger partial charge in [-0.3, -0.25) is 4.90 Å². The third kappa shape index (κ3) is 2.40. The van der Waals surface area contributed by atoms with E-state index in [2.05, 4.69) is 33.1 Å². The van der Waals surface area contributed by atoms with Crippen molar-refractivity contribution in [2.24, 2.45) is 5.92 Å². The molecule has 0 radical (unpaired) electrons. The molecule has 2 saturated carbocycles. The minimum Gasteiger partial charge on any atom is -0.352 e. The molecular formula is C17H24N6. The van der Waals surface area contributed by atoms with Crippen molar-refractivity contribution in [1.29, 1.82) is 0 Å². The fourth-order valence-electron chi connectivity index (χ4n) is 3.71. The lowest BCUT2D eigenvalue weighted by Crippen LogP contribution is -2.59. The molecule has 122 valence electrons. The van der Waals surface area contributed by atoms with E-state index >= 15 is 0 Å². The van der Waals surface area contributed by atoms with Gasteiger partial charge >= 0.3 is 0 Å². The van der Waals surface area contributed by atoms with Crippen LogP contribution in [0.2, 0.25) is 0 Å². The highest BCUT2D eigenvalue weighted by Gasteiger charge is 2.34. The van der Waals surface area contributed by atoms with E-state index in [1.807, 2.05) is 10.6 Å². The van der Waals surface area contributed by atoms with Gasteiger partial charge in [-0.15, -0.1) is 15.3 Å². The predicted octanol–water partition coefficient (Wildman–Crippen LogP) is 1.92. The van der Waals surface area contributed by atoms with Crippen molar-refractivity contribution in [3.63, 3.8) is 0 Å². The summed E-state index contributed by atoms with van der Waals surface area (Å²) in [5, 5.41) is 13.4. The molecule has 0 atom stereocenters. The van der Waals surface area contributed by atoms with Crippen molar-refractivity contribution in [1.82, 2.24) is 24.7 Å². The third-order valence-electron chi connectivity index (χ3n) is 5.80. The van der Waals surface area contributed by atoms with Gasteiger partial charge in [-0.2, -0.15) is 4.52 Å². The minimum absolute atomic E-state index is 0.575. The first-order chi connectivity index (χ1) is 11.3. The molecule has 5 rings (SSSR count). The Labute approximate surface area is 136 Å². The lowest BCUT2D eigenvalue weighted by atomic mass is 9.84. The van der Waals surface area contributed by atoms with E-state index in [1.54, 1.807) is 0 Å². The number of anilines is 1. The SMILES string of the molecule is CN(CC1CCC1)C1CN(c2ccc3nnc(C4CC4)n3n2)C1. The van der Waals surface area contributed by atoms with E-state index in [-0.39, 0.29) is 0 Å². The van der Waals surface area contributed by atoms with Crippen LogP contribution in [-0.4, -0.2) is 57.4 Å². The summed E-state index contributed by atoms with van der Waals surface area (Å²) < 4.78 is 1.96. The number of likely N-dealkylation sites (N-methyl/N-ethyl adjacent to an activating group) is 1. The molecule has 1 aliphatic heterocycles. The van der Waals surface area contributed by atoms with Gasteiger partial charge in [0.15, 0.2) is 11.5 Å². The van der Waals surface area contributed by atoms with Crippen molar-refractivity contribution in [3.05, 3.63) is 18.0 Å². The lowest BCUT2D eigenvalue weighted by molar-refractivity contribution is 0.142. The molecule has 0 amide bonds. The molecule has 0 spiro atoms. The van der Waals surface area contributed by atoms with Crippen LogP contribution in [0, 0.1) is 5.92 Å². The average molecular weight is 312 g/mol. The van der Waals surface area contributed by atoms with Crippen molar-refractivity contribution in [3.8, 4) is 0 Å². The average Bonchev–Trinajstić information content (AvgIpc) is 3.21. The highest BCUT2D eigenvalue weighted by atomic mass is 15.4. The third-order valence-corrected chi connectivity index (χ3v) is 5.80. The van der Waals surface area contributed by atoms with Crippen molar-refractivity contribution in [2.45, 2.75) is 44.1 Å². The monoisotopic (exact) mass is 312 g/mol.